The molecule has 0 spiro atoms. The maximum atomic E-state index is 11.0. The molecule has 0 aliphatic rings. The van der Waals surface area contributed by atoms with Crippen LogP contribution >= 0.6 is 11.3 Å². The van der Waals surface area contributed by atoms with E-state index >= 15 is 0 Å². The highest BCUT2D eigenvalue weighted by atomic mass is 32.1. The molecule has 3 aromatic rings. The van der Waals surface area contributed by atoms with Crippen LogP contribution in [-0.4, -0.2) is 32.1 Å². The third-order valence-electron chi connectivity index (χ3n) is 3.95. The molecule has 0 aliphatic heterocycles. The number of benzene rings is 2. The second-order valence-corrected chi connectivity index (χ2v) is 7.35. The summed E-state index contributed by atoms with van der Waals surface area (Å²) in [5, 5.41) is 43.8. The van der Waals surface area contributed by atoms with Crippen LogP contribution in [0.25, 0.3) is 0 Å². The van der Waals surface area contributed by atoms with Crippen molar-refractivity contribution in [2.75, 3.05) is 0 Å². The van der Waals surface area contributed by atoms with E-state index in [0.29, 0.717) is 9.75 Å². The molecular weight excluding hydrogens is 460 g/mol. The first-order valence-corrected chi connectivity index (χ1v) is 9.50. The van der Waals surface area contributed by atoms with Crippen molar-refractivity contribution in [3.63, 3.8) is 0 Å². The number of nitro groups is 4. The molecule has 0 aliphatic carbocycles. The molecule has 0 bridgehead atoms. The Hall–Kier alpha value is -4.92. The third kappa shape index (κ3) is 5.82. The molecule has 15 heteroatoms. The van der Waals surface area contributed by atoms with E-state index in [1.54, 1.807) is 12.1 Å². The van der Waals surface area contributed by atoms with Crippen molar-refractivity contribution in [3.8, 4) is 0 Å². The molecular formula is C18H10N6O8S. The zero-order valence-corrected chi connectivity index (χ0v) is 16.9. The highest BCUT2D eigenvalue weighted by Crippen LogP contribution is 2.29. The minimum absolute atomic E-state index is 0.0171. The van der Waals surface area contributed by atoms with Crippen molar-refractivity contribution in [2.45, 2.75) is 0 Å². The van der Waals surface area contributed by atoms with E-state index < -0.39 is 42.4 Å². The van der Waals surface area contributed by atoms with E-state index in [9.17, 15) is 40.5 Å². The molecule has 1 heterocycles. The summed E-state index contributed by atoms with van der Waals surface area (Å²) < 4.78 is 0. The molecule has 166 valence electrons. The fourth-order valence-electron chi connectivity index (χ4n) is 2.51. The first-order valence-electron chi connectivity index (χ1n) is 8.68. The molecule has 2 aromatic carbocycles. The van der Waals surface area contributed by atoms with Crippen molar-refractivity contribution in [3.05, 3.63) is 98.7 Å². The summed E-state index contributed by atoms with van der Waals surface area (Å²) in [5.74, 6) is 0. The smallest absolute Gasteiger partial charge is 0.258 e. The Morgan fingerprint density at radius 3 is 1.15 bits per heavy atom. The number of nitro benzene ring substituents is 4. The van der Waals surface area contributed by atoms with Crippen molar-refractivity contribution < 1.29 is 19.7 Å². The number of rotatable bonds is 8. The van der Waals surface area contributed by atoms with Crippen molar-refractivity contribution in [1.29, 1.82) is 0 Å². The SMILES string of the molecule is O=[N+]([O-])c1cc(N=Cc2ccc(C=Nc3cc([N+](=O)[O-])cc([N+](=O)[O-])c3)s2)cc([N+](=O)[O-])c1. The fraction of sp³-hybridized carbons (Fsp3) is 0. The lowest BCUT2D eigenvalue weighted by molar-refractivity contribution is -0.394. The number of thiophene rings is 1. The van der Waals surface area contributed by atoms with Gasteiger partial charge in [-0.1, -0.05) is 0 Å². The summed E-state index contributed by atoms with van der Waals surface area (Å²) >= 11 is 1.18. The van der Waals surface area contributed by atoms with E-state index in [1.165, 1.54) is 23.8 Å². The molecule has 0 amide bonds. The lowest BCUT2D eigenvalue weighted by Gasteiger charge is -1.96. The van der Waals surface area contributed by atoms with E-state index in [4.69, 9.17) is 0 Å². The van der Waals surface area contributed by atoms with Crippen LogP contribution in [0.3, 0.4) is 0 Å². The van der Waals surface area contributed by atoms with Crippen molar-refractivity contribution >= 4 is 57.9 Å². The first-order chi connectivity index (χ1) is 15.6. The van der Waals surface area contributed by atoms with Gasteiger partial charge in [-0.25, -0.2) is 0 Å². The van der Waals surface area contributed by atoms with Crippen LogP contribution in [-0.2, 0) is 0 Å². The molecule has 1 aromatic heterocycles. The Bertz CT molecular complexity index is 1180. The van der Waals surface area contributed by atoms with Gasteiger partial charge >= 0.3 is 0 Å². The monoisotopic (exact) mass is 470 g/mol. The van der Waals surface area contributed by atoms with Crippen LogP contribution in [0.15, 0.2) is 58.5 Å². The van der Waals surface area contributed by atoms with Gasteiger partial charge in [0.1, 0.15) is 0 Å². The summed E-state index contributed by atoms with van der Waals surface area (Å²) in [6, 6.07) is 9.30. The van der Waals surface area contributed by atoms with E-state index in [2.05, 4.69) is 9.98 Å². The topological polar surface area (TPSA) is 197 Å². The van der Waals surface area contributed by atoms with E-state index in [1.807, 2.05) is 0 Å². The van der Waals surface area contributed by atoms with Crippen LogP contribution < -0.4 is 0 Å². The van der Waals surface area contributed by atoms with Crippen LogP contribution in [0.5, 0.6) is 0 Å². The molecule has 0 N–H and O–H groups in total. The Morgan fingerprint density at radius 2 is 0.879 bits per heavy atom. The maximum Gasteiger partial charge on any atom is 0.278 e. The molecule has 0 unspecified atom stereocenters. The molecule has 0 radical (unpaired) electrons. The Morgan fingerprint density at radius 1 is 0.576 bits per heavy atom. The second-order valence-electron chi connectivity index (χ2n) is 6.20. The average Bonchev–Trinajstić information content (AvgIpc) is 3.23. The lowest BCUT2D eigenvalue weighted by atomic mass is 10.2. The zero-order valence-electron chi connectivity index (χ0n) is 16.1. The van der Waals surface area contributed by atoms with Crippen LogP contribution in [0.2, 0.25) is 0 Å². The number of hydrogen-bond acceptors (Lipinski definition) is 11. The highest BCUT2D eigenvalue weighted by Gasteiger charge is 2.17. The lowest BCUT2D eigenvalue weighted by Crippen LogP contribution is -1.92. The quantitative estimate of drug-likeness (QED) is 0.252. The van der Waals surface area contributed by atoms with Crippen molar-refractivity contribution in [2.24, 2.45) is 9.98 Å². The molecule has 0 saturated heterocycles. The van der Waals surface area contributed by atoms with Gasteiger partial charge in [0.05, 0.1) is 43.2 Å². The van der Waals surface area contributed by atoms with Crippen LogP contribution in [0.4, 0.5) is 34.1 Å². The standard InChI is InChI=1S/C18H10N6O8S/c25-21(26)13-3-11(4-14(7-13)22(27)28)19-9-17-1-2-18(33-17)10-20-12-5-15(23(29)30)8-16(6-12)24(31)32/h1-10H. The third-order valence-corrected chi connectivity index (χ3v) is 4.90. The van der Waals surface area contributed by atoms with E-state index in [0.717, 1.165) is 36.4 Å². The predicted molar refractivity (Wildman–Crippen MR) is 118 cm³/mol. The van der Waals surface area contributed by atoms with Gasteiger partial charge in [-0.3, -0.25) is 50.4 Å². The van der Waals surface area contributed by atoms with Gasteiger partial charge in [-0.15, -0.1) is 11.3 Å². The van der Waals surface area contributed by atoms with Crippen LogP contribution in [0.1, 0.15) is 9.75 Å². The molecule has 0 atom stereocenters. The normalized spacial score (nSPS) is 11.2. The van der Waals surface area contributed by atoms with Gasteiger partial charge in [0.15, 0.2) is 0 Å². The fourth-order valence-corrected chi connectivity index (χ4v) is 3.27. The van der Waals surface area contributed by atoms with Gasteiger partial charge < -0.3 is 0 Å². The maximum absolute atomic E-state index is 11.0. The number of non-ortho nitro benzene ring substituents is 4. The summed E-state index contributed by atoms with van der Waals surface area (Å²) in [5.41, 5.74) is -1.85. The summed E-state index contributed by atoms with van der Waals surface area (Å²) in [6.07, 6.45) is 2.70. The Balaban J connectivity index is 1.82. The highest BCUT2D eigenvalue weighted by molar-refractivity contribution is 7.15. The van der Waals surface area contributed by atoms with Crippen molar-refractivity contribution in [1.82, 2.24) is 0 Å². The number of nitrogens with zero attached hydrogens (tertiary/aromatic N) is 6. The molecule has 0 fully saturated rings. The van der Waals surface area contributed by atoms with Gasteiger partial charge in [0.25, 0.3) is 22.7 Å². The molecule has 33 heavy (non-hydrogen) atoms. The first kappa shape index (κ1) is 22.8. The zero-order chi connectivity index (χ0) is 24.1. The minimum Gasteiger partial charge on any atom is -0.258 e. The second kappa shape index (κ2) is 9.48. The van der Waals surface area contributed by atoms with E-state index in [-0.39, 0.29) is 11.4 Å². The molecule has 0 saturated carbocycles. The largest absolute Gasteiger partial charge is 0.278 e. The summed E-state index contributed by atoms with van der Waals surface area (Å²) in [4.78, 5) is 50.0. The molecule has 3 rings (SSSR count). The summed E-state index contributed by atoms with van der Waals surface area (Å²) in [6.45, 7) is 0. The number of hydrogen-bond donors (Lipinski definition) is 0. The van der Waals surface area contributed by atoms with Gasteiger partial charge in [0.2, 0.25) is 0 Å². The van der Waals surface area contributed by atoms with Gasteiger partial charge in [-0.2, -0.15) is 0 Å². The Kier molecular flexibility index (Phi) is 6.54. The van der Waals surface area contributed by atoms with Crippen LogP contribution in [0, 0.1) is 40.5 Å². The van der Waals surface area contributed by atoms with Gasteiger partial charge in [-0.05, 0) is 12.1 Å². The Labute approximate surface area is 186 Å². The predicted octanol–water partition coefficient (Wildman–Crippen LogP) is 4.88. The number of aliphatic imine (C=N–C) groups is 2. The summed E-state index contributed by atoms with van der Waals surface area (Å²) in [7, 11) is 0. The molecule has 14 nitrogen and oxygen atoms in total. The van der Waals surface area contributed by atoms with Gasteiger partial charge in [0, 0.05) is 46.4 Å². The minimum atomic E-state index is -0.760. The average molecular weight is 470 g/mol.